The molecule has 0 saturated carbocycles. The molecule has 2 aliphatic rings. The van der Waals surface area contributed by atoms with Crippen LogP contribution in [0.2, 0.25) is 0 Å². The first-order valence-corrected chi connectivity index (χ1v) is 8.97. The Bertz CT molecular complexity index is 1070. The van der Waals surface area contributed by atoms with Crippen LogP contribution < -0.4 is 10.6 Å². The van der Waals surface area contributed by atoms with E-state index in [0.717, 1.165) is 0 Å². The van der Waals surface area contributed by atoms with Gasteiger partial charge in [-0.15, -0.1) is 0 Å². The molecule has 2 saturated heterocycles. The van der Waals surface area contributed by atoms with Crippen molar-refractivity contribution in [3.05, 3.63) is 59.7 Å². The van der Waals surface area contributed by atoms with Gasteiger partial charge >= 0.3 is 0 Å². The van der Waals surface area contributed by atoms with Gasteiger partial charge in [-0.05, 0) is 48.5 Å². The first-order chi connectivity index (χ1) is 14.4. The summed E-state index contributed by atoms with van der Waals surface area (Å²) in [5.74, 6) is -2.03. The second-order valence-corrected chi connectivity index (χ2v) is 6.65. The van der Waals surface area contributed by atoms with Gasteiger partial charge in [-0.25, -0.2) is 9.98 Å². The molecule has 0 unspecified atom stereocenters. The van der Waals surface area contributed by atoms with Gasteiger partial charge in [-0.2, -0.15) is 0 Å². The van der Waals surface area contributed by atoms with Crippen LogP contribution in [0.1, 0.15) is 28.8 Å². The van der Waals surface area contributed by atoms with Gasteiger partial charge in [0, 0.05) is 11.1 Å². The normalized spacial score (nSPS) is 18.8. The third kappa shape index (κ3) is 3.95. The Balaban J connectivity index is 1.48. The van der Waals surface area contributed by atoms with E-state index in [9.17, 15) is 24.0 Å². The van der Waals surface area contributed by atoms with Crippen molar-refractivity contribution >= 4 is 52.2 Å². The smallest absolute Gasteiger partial charge is 0.272 e. The maximum Gasteiger partial charge on any atom is 0.272 e. The van der Waals surface area contributed by atoms with Crippen LogP contribution in [-0.2, 0) is 19.2 Å². The molecule has 4 rings (SSSR count). The fourth-order valence-corrected chi connectivity index (χ4v) is 2.98. The average molecular weight is 402 g/mol. The Labute approximate surface area is 169 Å². The average Bonchev–Trinajstić information content (AvgIpc) is 3.21. The standard InChI is InChI=1S/C21H14N4O5/c26-17-9-15(20(29)24-17)22-13-5-1-11(2-6-13)19(28)12-3-7-14(8-4-12)23-16-10-18(27)25-21(16)30/h1-8H,9-10H2,(H,24,26,29)(H,25,27,30). The van der Waals surface area contributed by atoms with Crippen LogP contribution in [-0.4, -0.2) is 40.8 Å². The topological polar surface area (TPSA) is 134 Å². The summed E-state index contributed by atoms with van der Waals surface area (Å²) in [7, 11) is 0. The molecule has 9 heteroatoms. The first-order valence-electron chi connectivity index (χ1n) is 8.97. The molecule has 30 heavy (non-hydrogen) atoms. The predicted octanol–water partition coefficient (Wildman–Crippen LogP) is 1.16. The number of nitrogens with zero attached hydrogens (tertiary/aromatic N) is 2. The number of nitrogens with one attached hydrogen (secondary N) is 2. The molecule has 0 spiro atoms. The molecule has 2 heterocycles. The summed E-state index contributed by atoms with van der Waals surface area (Å²) < 4.78 is 0. The first kappa shape index (κ1) is 19.1. The molecule has 0 bridgehead atoms. The molecule has 2 aromatic rings. The van der Waals surface area contributed by atoms with Crippen molar-refractivity contribution in [1.82, 2.24) is 10.6 Å². The number of carbonyl (C=O) groups excluding carboxylic acids is 5. The van der Waals surface area contributed by atoms with Crippen molar-refractivity contribution in [3.8, 4) is 0 Å². The predicted molar refractivity (Wildman–Crippen MR) is 106 cm³/mol. The maximum absolute atomic E-state index is 12.7. The summed E-state index contributed by atoms with van der Waals surface area (Å²) in [4.78, 5) is 66.5. The van der Waals surface area contributed by atoms with Crippen molar-refractivity contribution in [2.45, 2.75) is 12.8 Å². The Morgan fingerprint density at radius 2 is 1.00 bits per heavy atom. The fraction of sp³-hybridized carbons (Fsp3) is 0.0952. The second kappa shape index (κ2) is 7.63. The van der Waals surface area contributed by atoms with Gasteiger partial charge in [0.15, 0.2) is 5.78 Å². The largest absolute Gasteiger partial charge is 0.291 e. The van der Waals surface area contributed by atoms with Crippen molar-refractivity contribution in [2.75, 3.05) is 0 Å². The highest BCUT2D eigenvalue weighted by atomic mass is 16.2. The summed E-state index contributed by atoms with van der Waals surface area (Å²) in [6, 6.07) is 12.7. The van der Waals surface area contributed by atoms with Crippen LogP contribution in [0.4, 0.5) is 11.4 Å². The number of rotatable bonds is 4. The molecule has 2 fully saturated rings. The van der Waals surface area contributed by atoms with E-state index in [4.69, 9.17) is 0 Å². The van der Waals surface area contributed by atoms with Crippen molar-refractivity contribution in [1.29, 1.82) is 0 Å². The van der Waals surface area contributed by atoms with Crippen molar-refractivity contribution < 1.29 is 24.0 Å². The van der Waals surface area contributed by atoms with Crippen LogP contribution in [0.3, 0.4) is 0 Å². The number of amides is 4. The molecule has 0 atom stereocenters. The number of ketones is 1. The SMILES string of the molecule is O=C1CC(=Nc2ccc(C(=O)c3ccc(N=C4CC(=O)NC4=O)cc3)cc2)C(=O)N1. The fourth-order valence-electron chi connectivity index (χ4n) is 2.98. The van der Waals surface area contributed by atoms with Gasteiger partial charge in [0.2, 0.25) is 11.8 Å². The zero-order valence-electron chi connectivity index (χ0n) is 15.5. The van der Waals surface area contributed by atoms with Crippen LogP contribution in [0.25, 0.3) is 0 Å². The van der Waals surface area contributed by atoms with Gasteiger partial charge in [-0.1, -0.05) is 0 Å². The summed E-state index contributed by atoms with van der Waals surface area (Å²) >= 11 is 0. The molecule has 2 aliphatic heterocycles. The van der Waals surface area contributed by atoms with E-state index in [1.807, 2.05) is 0 Å². The third-order valence-electron chi connectivity index (χ3n) is 4.47. The molecule has 2 N–H and O–H groups in total. The van der Waals surface area contributed by atoms with Gasteiger partial charge in [0.25, 0.3) is 11.8 Å². The molecule has 9 nitrogen and oxygen atoms in total. The number of hydrogen-bond donors (Lipinski definition) is 2. The van der Waals surface area contributed by atoms with E-state index < -0.39 is 11.8 Å². The molecular weight excluding hydrogens is 388 g/mol. The molecule has 2 aromatic carbocycles. The number of imide groups is 2. The van der Waals surface area contributed by atoms with Crippen LogP contribution in [0.15, 0.2) is 58.5 Å². The van der Waals surface area contributed by atoms with Crippen LogP contribution in [0.5, 0.6) is 0 Å². The lowest BCUT2D eigenvalue weighted by Gasteiger charge is -2.03. The highest BCUT2D eigenvalue weighted by Crippen LogP contribution is 2.20. The minimum atomic E-state index is -0.511. The number of aliphatic imine (C=N–C) groups is 2. The summed E-state index contributed by atoms with van der Waals surface area (Å²) in [6.07, 6.45) is -0.127. The van der Waals surface area contributed by atoms with Crippen molar-refractivity contribution in [2.24, 2.45) is 9.98 Å². The minimum absolute atomic E-state index is 0.0636. The zero-order chi connectivity index (χ0) is 21.3. The zero-order valence-corrected chi connectivity index (χ0v) is 15.5. The summed E-state index contributed by atoms with van der Waals surface area (Å²) in [5.41, 5.74) is 2.03. The van der Waals surface area contributed by atoms with E-state index in [1.165, 1.54) is 0 Å². The van der Waals surface area contributed by atoms with E-state index in [2.05, 4.69) is 20.6 Å². The molecule has 0 radical (unpaired) electrons. The quantitative estimate of drug-likeness (QED) is 0.585. The monoisotopic (exact) mass is 402 g/mol. The number of carbonyl (C=O) groups is 5. The second-order valence-electron chi connectivity index (χ2n) is 6.65. The lowest BCUT2D eigenvalue weighted by atomic mass is 10.0. The molecule has 4 amide bonds. The minimum Gasteiger partial charge on any atom is -0.291 e. The summed E-state index contributed by atoms with van der Waals surface area (Å²) in [6.45, 7) is 0. The van der Waals surface area contributed by atoms with Gasteiger partial charge in [-0.3, -0.25) is 34.6 Å². The van der Waals surface area contributed by atoms with Crippen molar-refractivity contribution in [3.63, 3.8) is 0 Å². The van der Waals surface area contributed by atoms with E-state index >= 15 is 0 Å². The summed E-state index contributed by atoms with van der Waals surface area (Å²) in [5, 5.41) is 4.32. The van der Waals surface area contributed by atoms with Gasteiger partial charge in [0.1, 0.15) is 11.4 Å². The molecule has 0 aliphatic carbocycles. The van der Waals surface area contributed by atoms with E-state index in [-0.39, 0.29) is 41.9 Å². The number of hydrogen-bond acceptors (Lipinski definition) is 7. The maximum atomic E-state index is 12.7. The Hall–Kier alpha value is -4.27. The van der Waals surface area contributed by atoms with Crippen LogP contribution >= 0.6 is 0 Å². The van der Waals surface area contributed by atoms with E-state index in [0.29, 0.717) is 22.5 Å². The third-order valence-corrected chi connectivity index (χ3v) is 4.47. The lowest BCUT2D eigenvalue weighted by Crippen LogP contribution is -2.21. The van der Waals surface area contributed by atoms with Gasteiger partial charge in [0.05, 0.1) is 24.2 Å². The van der Waals surface area contributed by atoms with Crippen LogP contribution in [0, 0.1) is 0 Å². The molecule has 148 valence electrons. The molecular formula is C21H14N4O5. The Morgan fingerprint density at radius 3 is 1.30 bits per heavy atom. The number of benzene rings is 2. The Morgan fingerprint density at radius 1 is 0.633 bits per heavy atom. The lowest BCUT2D eigenvalue weighted by molar-refractivity contribution is -0.125. The highest BCUT2D eigenvalue weighted by molar-refractivity contribution is 6.49. The Kier molecular flexibility index (Phi) is 4.85. The van der Waals surface area contributed by atoms with Gasteiger partial charge < -0.3 is 0 Å². The van der Waals surface area contributed by atoms with E-state index in [1.54, 1.807) is 48.5 Å². The molecule has 0 aromatic heterocycles. The highest BCUT2D eigenvalue weighted by Gasteiger charge is 2.26.